The molecule has 2 rings (SSSR count). The maximum Gasteiger partial charge on any atom is 0.224 e. The quantitative estimate of drug-likeness (QED) is 0.823. The van der Waals surface area contributed by atoms with Gasteiger partial charge in [0.25, 0.3) is 0 Å². The van der Waals surface area contributed by atoms with Crippen molar-refractivity contribution in [3.63, 3.8) is 0 Å². The molecule has 0 aromatic heterocycles. The van der Waals surface area contributed by atoms with Crippen LogP contribution in [0.2, 0.25) is 0 Å². The van der Waals surface area contributed by atoms with Crippen molar-refractivity contribution in [2.24, 2.45) is 0 Å². The normalized spacial score (nSPS) is 17.7. The lowest BCUT2D eigenvalue weighted by Crippen LogP contribution is -2.44. The molecule has 0 aliphatic carbocycles. The molecule has 1 atom stereocenters. The van der Waals surface area contributed by atoms with Crippen molar-refractivity contribution < 1.29 is 9.59 Å². The Balaban J connectivity index is 2.06. The lowest BCUT2D eigenvalue weighted by molar-refractivity contribution is -0.134. The number of aryl methyl sites for hydroxylation is 2. The van der Waals surface area contributed by atoms with Crippen LogP contribution in [-0.4, -0.2) is 35.8 Å². The number of hydrogen-bond donors (Lipinski definition) is 0. The third kappa shape index (κ3) is 4.37. The molecule has 1 fully saturated rings. The van der Waals surface area contributed by atoms with Crippen LogP contribution in [0.1, 0.15) is 57.1 Å². The van der Waals surface area contributed by atoms with E-state index in [1.54, 1.807) is 11.8 Å². The Morgan fingerprint density at radius 3 is 2.62 bits per heavy atom. The smallest absolute Gasteiger partial charge is 0.224 e. The number of amides is 2. The van der Waals surface area contributed by atoms with Crippen LogP contribution in [0.25, 0.3) is 0 Å². The molecule has 132 valence electrons. The van der Waals surface area contributed by atoms with E-state index in [1.165, 1.54) is 12.0 Å². The van der Waals surface area contributed by atoms with Gasteiger partial charge in [0.05, 0.1) is 0 Å². The third-order valence-corrected chi connectivity index (χ3v) is 4.99. The second-order valence-corrected chi connectivity index (χ2v) is 6.86. The fourth-order valence-electron chi connectivity index (χ4n) is 3.66. The molecule has 1 aliphatic rings. The summed E-state index contributed by atoms with van der Waals surface area (Å²) < 4.78 is 0. The maximum atomic E-state index is 12.7. The predicted octanol–water partition coefficient (Wildman–Crippen LogP) is 3.84. The number of carbonyl (C=O) groups is 2. The highest BCUT2D eigenvalue weighted by atomic mass is 16.2. The van der Waals surface area contributed by atoms with Crippen molar-refractivity contribution in [3.8, 4) is 0 Å². The van der Waals surface area contributed by atoms with E-state index in [1.807, 2.05) is 30.9 Å². The van der Waals surface area contributed by atoms with Crippen LogP contribution in [0, 0.1) is 13.8 Å². The summed E-state index contributed by atoms with van der Waals surface area (Å²) in [5, 5.41) is 0. The Kier molecular flexibility index (Phi) is 6.41. The monoisotopic (exact) mass is 330 g/mol. The van der Waals surface area contributed by atoms with Crippen LogP contribution < -0.4 is 4.90 Å². The Labute approximate surface area is 145 Å². The van der Waals surface area contributed by atoms with E-state index in [2.05, 4.69) is 13.0 Å². The van der Waals surface area contributed by atoms with E-state index < -0.39 is 0 Å². The van der Waals surface area contributed by atoms with Gasteiger partial charge in [0.15, 0.2) is 0 Å². The number of carbonyl (C=O) groups excluding carboxylic acids is 2. The summed E-state index contributed by atoms with van der Waals surface area (Å²) >= 11 is 0. The van der Waals surface area contributed by atoms with Crippen LogP contribution in [0.5, 0.6) is 0 Å². The number of piperidine rings is 1. The molecule has 4 nitrogen and oxygen atoms in total. The third-order valence-electron chi connectivity index (χ3n) is 4.99. The molecule has 1 unspecified atom stereocenters. The largest absolute Gasteiger partial charge is 0.340 e. The average molecular weight is 330 g/mol. The van der Waals surface area contributed by atoms with Gasteiger partial charge in [0.2, 0.25) is 11.8 Å². The van der Waals surface area contributed by atoms with Crippen LogP contribution in [-0.2, 0) is 9.59 Å². The van der Waals surface area contributed by atoms with Crippen molar-refractivity contribution in [1.82, 2.24) is 4.90 Å². The molecule has 0 bridgehead atoms. The SMILES string of the molecule is CCC1CCCCN1C(=O)CCN(C(C)=O)c1ccc(C)cc1C. The summed E-state index contributed by atoms with van der Waals surface area (Å²) in [5.41, 5.74) is 3.16. The number of benzene rings is 1. The molecule has 1 aliphatic heterocycles. The molecule has 24 heavy (non-hydrogen) atoms. The number of likely N-dealkylation sites (tertiary alicyclic amines) is 1. The van der Waals surface area contributed by atoms with Crippen molar-refractivity contribution in [1.29, 1.82) is 0 Å². The summed E-state index contributed by atoms with van der Waals surface area (Å²) in [5.74, 6) is 0.165. The second-order valence-electron chi connectivity index (χ2n) is 6.86. The van der Waals surface area contributed by atoms with Crippen LogP contribution >= 0.6 is 0 Å². The summed E-state index contributed by atoms with van der Waals surface area (Å²) in [6, 6.07) is 6.44. The summed E-state index contributed by atoms with van der Waals surface area (Å²) in [4.78, 5) is 28.5. The van der Waals surface area contributed by atoms with Crippen molar-refractivity contribution in [2.45, 2.75) is 65.8 Å². The molecular weight excluding hydrogens is 300 g/mol. The molecule has 1 heterocycles. The van der Waals surface area contributed by atoms with E-state index in [9.17, 15) is 9.59 Å². The first kappa shape index (κ1) is 18.5. The van der Waals surface area contributed by atoms with Gasteiger partial charge in [-0.1, -0.05) is 24.6 Å². The number of anilines is 1. The fourth-order valence-corrected chi connectivity index (χ4v) is 3.66. The van der Waals surface area contributed by atoms with Crippen molar-refractivity contribution >= 4 is 17.5 Å². The number of rotatable bonds is 5. The molecule has 1 saturated heterocycles. The molecule has 0 N–H and O–H groups in total. The van der Waals surface area contributed by atoms with E-state index in [-0.39, 0.29) is 11.8 Å². The zero-order valence-corrected chi connectivity index (χ0v) is 15.5. The number of hydrogen-bond acceptors (Lipinski definition) is 2. The Hall–Kier alpha value is -1.84. The lowest BCUT2D eigenvalue weighted by Gasteiger charge is -2.36. The molecule has 1 aromatic rings. The minimum Gasteiger partial charge on any atom is -0.340 e. The minimum absolute atomic E-state index is 0.0135. The summed E-state index contributed by atoms with van der Waals surface area (Å²) in [6.45, 7) is 9.08. The van der Waals surface area contributed by atoms with Gasteiger partial charge in [-0.15, -0.1) is 0 Å². The predicted molar refractivity (Wildman–Crippen MR) is 98.2 cm³/mol. The van der Waals surface area contributed by atoms with Gasteiger partial charge >= 0.3 is 0 Å². The fraction of sp³-hybridized carbons (Fsp3) is 0.600. The van der Waals surface area contributed by atoms with Crippen LogP contribution in [0.15, 0.2) is 18.2 Å². The highest BCUT2D eigenvalue weighted by Gasteiger charge is 2.26. The first-order valence-electron chi connectivity index (χ1n) is 9.08. The zero-order valence-electron chi connectivity index (χ0n) is 15.5. The standard InChI is InChI=1S/C20H30N2O2/c1-5-18-8-6-7-12-22(18)20(24)11-13-21(17(4)23)19-10-9-15(2)14-16(19)3/h9-10,14,18H,5-8,11-13H2,1-4H3. The van der Waals surface area contributed by atoms with E-state index in [4.69, 9.17) is 0 Å². The van der Waals surface area contributed by atoms with Gasteiger partial charge in [0, 0.05) is 38.2 Å². The van der Waals surface area contributed by atoms with E-state index in [0.29, 0.717) is 19.0 Å². The Morgan fingerprint density at radius 2 is 2.00 bits per heavy atom. The topological polar surface area (TPSA) is 40.6 Å². The maximum absolute atomic E-state index is 12.7. The molecule has 0 radical (unpaired) electrons. The van der Waals surface area contributed by atoms with Crippen LogP contribution in [0.3, 0.4) is 0 Å². The average Bonchev–Trinajstić information content (AvgIpc) is 2.56. The Bertz CT molecular complexity index is 597. The van der Waals surface area contributed by atoms with Gasteiger partial charge in [-0.3, -0.25) is 9.59 Å². The highest BCUT2D eigenvalue weighted by Crippen LogP contribution is 2.23. The first-order chi connectivity index (χ1) is 11.4. The molecule has 0 saturated carbocycles. The van der Waals surface area contributed by atoms with Gasteiger partial charge in [-0.25, -0.2) is 0 Å². The van der Waals surface area contributed by atoms with Gasteiger partial charge in [-0.2, -0.15) is 0 Å². The van der Waals surface area contributed by atoms with Crippen molar-refractivity contribution in [3.05, 3.63) is 29.3 Å². The first-order valence-corrected chi connectivity index (χ1v) is 9.08. The van der Waals surface area contributed by atoms with Crippen molar-refractivity contribution in [2.75, 3.05) is 18.0 Å². The van der Waals surface area contributed by atoms with Gasteiger partial charge in [-0.05, 0) is 51.2 Å². The highest BCUT2D eigenvalue weighted by molar-refractivity contribution is 5.93. The van der Waals surface area contributed by atoms with Gasteiger partial charge < -0.3 is 9.80 Å². The Morgan fingerprint density at radius 1 is 1.25 bits per heavy atom. The zero-order chi connectivity index (χ0) is 17.7. The molecule has 2 amide bonds. The number of nitrogens with zero attached hydrogens (tertiary/aromatic N) is 2. The molecule has 4 heteroatoms. The minimum atomic E-state index is -0.0135. The molecule has 1 aromatic carbocycles. The molecule has 0 spiro atoms. The lowest BCUT2D eigenvalue weighted by atomic mass is 9.99. The summed E-state index contributed by atoms with van der Waals surface area (Å²) in [6.07, 6.45) is 4.82. The van der Waals surface area contributed by atoms with E-state index in [0.717, 1.165) is 37.1 Å². The van der Waals surface area contributed by atoms with E-state index >= 15 is 0 Å². The van der Waals surface area contributed by atoms with Crippen LogP contribution in [0.4, 0.5) is 5.69 Å². The summed E-state index contributed by atoms with van der Waals surface area (Å²) in [7, 11) is 0. The van der Waals surface area contributed by atoms with Gasteiger partial charge in [0.1, 0.15) is 0 Å². The molecular formula is C20H30N2O2. The second kappa shape index (κ2) is 8.32.